The first-order chi connectivity index (χ1) is 9.49. The van der Waals surface area contributed by atoms with Gasteiger partial charge in [0, 0.05) is 6.54 Å². The van der Waals surface area contributed by atoms with Crippen LogP contribution in [0.25, 0.3) is 0 Å². The summed E-state index contributed by atoms with van der Waals surface area (Å²) in [6.07, 6.45) is 0. The van der Waals surface area contributed by atoms with E-state index in [1.54, 1.807) is 0 Å². The lowest BCUT2D eigenvalue weighted by Crippen LogP contribution is -2.48. The number of carbonyl (C=O) groups excluding carboxylic acids is 1. The molecule has 3 N–H and O–H groups in total. The Morgan fingerprint density at radius 3 is 2.50 bits per heavy atom. The van der Waals surface area contributed by atoms with Crippen LogP contribution < -0.4 is 10.6 Å². The van der Waals surface area contributed by atoms with Gasteiger partial charge in [0.25, 0.3) is 0 Å². The molecule has 1 heterocycles. The summed E-state index contributed by atoms with van der Waals surface area (Å²) in [5.41, 5.74) is 0.146. The number of carboxylic acid groups (broad SMARTS) is 1. The second kappa shape index (κ2) is 6.41. The fraction of sp³-hybridized carbons (Fsp3) is 0.333. The lowest BCUT2D eigenvalue weighted by Gasteiger charge is -2.23. The molecule has 0 saturated carbocycles. The molecule has 1 aliphatic rings. The number of aromatic carboxylic acids is 1. The highest BCUT2D eigenvalue weighted by molar-refractivity contribution is 6.40. The molecule has 1 aliphatic heterocycles. The minimum absolute atomic E-state index is 0.0443. The number of anilines is 1. The van der Waals surface area contributed by atoms with Gasteiger partial charge in [-0.15, -0.1) is 0 Å². The molecule has 1 fully saturated rings. The third kappa shape index (κ3) is 3.40. The second-order valence-corrected chi connectivity index (χ2v) is 5.01. The zero-order chi connectivity index (χ0) is 14.7. The van der Waals surface area contributed by atoms with Gasteiger partial charge in [-0.1, -0.05) is 23.2 Å². The predicted octanol–water partition coefficient (Wildman–Crippen LogP) is 1.62. The van der Waals surface area contributed by atoms with Gasteiger partial charge in [0.1, 0.15) is 6.04 Å². The maximum atomic E-state index is 12.0. The Morgan fingerprint density at radius 1 is 1.35 bits per heavy atom. The first kappa shape index (κ1) is 15.1. The van der Waals surface area contributed by atoms with Gasteiger partial charge in [0.2, 0.25) is 5.91 Å². The minimum atomic E-state index is -1.14. The van der Waals surface area contributed by atoms with Crippen LogP contribution in [0.5, 0.6) is 0 Å². The Labute approximate surface area is 125 Å². The third-order valence-corrected chi connectivity index (χ3v) is 3.37. The van der Waals surface area contributed by atoms with E-state index in [0.717, 1.165) is 0 Å². The zero-order valence-corrected chi connectivity index (χ0v) is 11.8. The van der Waals surface area contributed by atoms with Crippen molar-refractivity contribution in [1.82, 2.24) is 5.32 Å². The fourth-order valence-electron chi connectivity index (χ4n) is 1.76. The summed E-state index contributed by atoms with van der Waals surface area (Å²) in [4.78, 5) is 22.9. The van der Waals surface area contributed by atoms with Gasteiger partial charge >= 0.3 is 5.97 Å². The highest BCUT2D eigenvalue weighted by atomic mass is 35.5. The first-order valence-corrected chi connectivity index (χ1v) is 6.59. The third-order valence-electron chi connectivity index (χ3n) is 2.78. The van der Waals surface area contributed by atoms with Crippen molar-refractivity contribution in [2.75, 3.05) is 25.1 Å². The summed E-state index contributed by atoms with van der Waals surface area (Å²) < 4.78 is 5.18. The maximum Gasteiger partial charge on any atom is 0.335 e. The Kier molecular flexibility index (Phi) is 4.82. The van der Waals surface area contributed by atoms with Crippen molar-refractivity contribution < 1.29 is 19.4 Å². The summed E-state index contributed by atoms with van der Waals surface area (Å²) in [5, 5.41) is 14.6. The number of nitrogens with one attached hydrogen (secondary N) is 2. The number of rotatable bonds is 3. The Balaban J connectivity index is 2.16. The maximum absolute atomic E-state index is 12.0. The number of ether oxygens (including phenoxy) is 1. The van der Waals surface area contributed by atoms with Crippen LogP contribution in [-0.4, -0.2) is 42.8 Å². The van der Waals surface area contributed by atoms with Gasteiger partial charge in [0.05, 0.1) is 34.5 Å². The standard InChI is InChI=1S/C12H12Cl2N2O4/c13-7-3-6(12(18)19)4-8(14)10(7)16-11(17)9-5-20-2-1-15-9/h3-4,9,15H,1-2,5H2,(H,16,17)(H,18,19). The lowest BCUT2D eigenvalue weighted by molar-refractivity contribution is -0.120. The molecule has 1 aromatic carbocycles. The topological polar surface area (TPSA) is 87.7 Å². The number of benzene rings is 1. The molecule has 8 heteroatoms. The van der Waals surface area contributed by atoms with Gasteiger partial charge in [0.15, 0.2) is 0 Å². The molecule has 0 aliphatic carbocycles. The zero-order valence-electron chi connectivity index (χ0n) is 10.3. The van der Waals surface area contributed by atoms with Gasteiger partial charge in [-0.25, -0.2) is 4.79 Å². The molecule has 0 radical (unpaired) electrons. The quantitative estimate of drug-likeness (QED) is 0.788. The van der Waals surface area contributed by atoms with Crippen molar-refractivity contribution in [3.05, 3.63) is 27.7 Å². The van der Waals surface area contributed by atoms with Crippen LogP contribution in [0.1, 0.15) is 10.4 Å². The molecule has 0 bridgehead atoms. The largest absolute Gasteiger partial charge is 0.478 e. The Bertz CT molecular complexity index is 521. The van der Waals surface area contributed by atoms with Crippen LogP contribution in [0.4, 0.5) is 5.69 Å². The van der Waals surface area contributed by atoms with Crippen LogP contribution in [-0.2, 0) is 9.53 Å². The van der Waals surface area contributed by atoms with Gasteiger partial charge in [-0.05, 0) is 12.1 Å². The molecule has 0 spiro atoms. The molecule has 0 aromatic heterocycles. The second-order valence-electron chi connectivity index (χ2n) is 4.19. The normalized spacial score (nSPS) is 18.6. The van der Waals surface area contributed by atoms with E-state index in [9.17, 15) is 9.59 Å². The van der Waals surface area contributed by atoms with Crippen LogP contribution in [0.15, 0.2) is 12.1 Å². The van der Waals surface area contributed by atoms with E-state index in [-0.39, 0.29) is 33.8 Å². The highest BCUT2D eigenvalue weighted by Crippen LogP contribution is 2.32. The molecule has 20 heavy (non-hydrogen) atoms. The van der Waals surface area contributed by atoms with Crippen LogP contribution >= 0.6 is 23.2 Å². The summed E-state index contributed by atoms with van der Waals surface area (Å²) >= 11 is 11.9. The van der Waals surface area contributed by atoms with Crippen LogP contribution in [0.2, 0.25) is 10.0 Å². The molecule has 1 amide bonds. The van der Waals surface area contributed by atoms with Crippen molar-refractivity contribution >= 4 is 40.8 Å². The van der Waals surface area contributed by atoms with E-state index >= 15 is 0 Å². The number of halogens is 2. The first-order valence-electron chi connectivity index (χ1n) is 5.83. The van der Waals surface area contributed by atoms with Gasteiger partial charge in [-0.3, -0.25) is 4.79 Å². The molecular weight excluding hydrogens is 307 g/mol. The molecule has 1 aromatic rings. The predicted molar refractivity (Wildman–Crippen MR) is 74.7 cm³/mol. The molecule has 108 valence electrons. The van der Waals surface area contributed by atoms with E-state index in [0.29, 0.717) is 13.2 Å². The lowest BCUT2D eigenvalue weighted by atomic mass is 10.2. The Morgan fingerprint density at radius 2 is 2.00 bits per heavy atom. The van der Waals surface area contributed by atoms with E-state index in [1.165, 1.54) is 12.1 Å². The summed E-state index contributed by atoms with van der Waals surface area (Å²) in [7, 11) is 0. The number of hydrogen-bond donors (Lipinski definition) is 3. The molecule has 2 rings (SSSR count). The van der Waals surface area contributed by atoms with Crippen molar-refractivity contribution in [2.24, 2.45) is 0 Å². The summed E-state index contributed by atoms with van der Waals surface area (Å²) in [5.74, 6) is -1.48. The number of carboxylic acids is 1. The fourth-order valence-corrected chi connectivity index (χ4v) is 2.34. The number of amides is 1. The molecule has 1 unspecified atom stereocenters. The molecule has 6 nitrogen and oxygen atoms in total. The number of hydrogen-bond acceptors (Lipinski definition) is 4. The van der Waals surface area contributed by atoms with Crippen molar-refractivity contribution in [2.45, 2.75) is 6.04 Å². The van der Waals surface area contributed by atoms with E-state index in [4.69, 9.17) is 33.0 Å². The number of morpholine rings is 1. The SMILES string of the molecule is O=C(O)c1cc(Cl)c(NC(=O)C2COCCN2)c(Cl)c1. The van der Waals surface area contributed by atoms with Crippen molar-refractivity contribution in [1.29, 1.82) is 0 Å². The molecular formula is C12H12Cl2N2O4. The highest BCUT2D eigenvalue weighted by Gasteiger charge is 2.23. The van der Waals surface area contributed by atoms with E-state index in [1.807, 2.05) is 0 Å². The Hall–Kier alpha value is -1.34. The summed E-state index contributed by atoms with van der Waals surface area (Å²) in [6, 6.07) is 1.97. The van der Waals surface area contributed by atoms with Crippen LogP contribution in [0, 0.1) is 0 Å². The number of carbonyl (C=O) groups is 2. The molecule has 1 saturated heterocycles. The van der Waals surface area contributed by atoms with E-state index in [2.05, 4.69) is 10.6 Å². The summed E-state index contributed by atoms with van der Waals surface area (Å²) in [6.45, 7) is 1.39. The monoisotopic (exact) mass is 318 g/mol. The van der Waals surface area contributed by atoms with Crippen LogP contribution in [0.3, 0.4) is 0 Å². The van der Waals surface area contributed by atoms with Crippen molar-refractivity contribution in [3.63, 3.8) is 0 Å². The van der Waals surface area contributed by atoms with Gasteiger partial charge in [-0.2, -0.15) is 0 Å². The smallest absolute Gasteiger partial charge is 0.335 e. The average Bonchev–Trinajstić information content (AvgIpc) is 2.43. The van der Waals surface area contributed by atoms with Crippen molar-refractivity contribution in [3.8, 4) is 0 Å². The van der Waals surface area contributed by atoms with Gasteiger partial charge < -0.3 is 20.5 Å². The molecule has 1 atom stereocenters. The van der Waals surface area contributed by atoms with E-state index < -0.39 is 12.0 Å². The average molecular weight is 319 g/mol. The minimum Gasteiger partial charge on any atom is -0.478 e.